The van der Waals surface area contributed by atoms with Crippen molar-refractivity contribution in [1.29, 1.82) is 0 Å². The molecule has 3 rings (SSSR count). The third-order valence-electron chi connectivity index (χ3n) is 3.55. The maximum atomic E-state index is 5.37. The van der Waals surface area contributed by atoms with Crippen molar-refractivity contribution in [2.24, 2.45) is 11.8 Å². The number of nitrogens with one attached hydrogen (secondary N) is 1. The molecule has 2 atom stereocenters. The third-order valence-corrected chi connectivity index (χ3v) is 3.55. The van der Waals surface area contributed by atoms with Gasteiger partial charge in [-0.2, -0.15) is 0 Å². The number of rotatable bonds is 1. The van der Waals surface area contributed by atoms with Gasteiger partial charge in [-0.1, -0.05) is 11.2 Å². The molecule has 0 amide bonds. The van der Waals surface area contributed by atoms with Gasteiger partial charge in [0.05, 0.1) is 5.69 Å². The summed E-state index contributed by atoms with van der Waals surface area (Å²) < 4.78 is 5.37. The van der Waals surface area contributed by atoms with Crippen molar-refractivity contribution in [3.63, 3.8) is 0 Å². The molecule has 0 saturated carbocycles. The highest BCUT2D eigenvalue weighted by molar-refractivity contribution is 5.65. The Balaban J connectivity index is 1.94. The van der Waals surface area contributed by atoms with E-state index in [0.717, 1.165) is 30.5 Å². The molecule has 1 aliphatic heterocycles. The first kappa shape index (κ1) is 9.16. The van der Waals surface area contributed by atoms with Gasteiger partial charge in [0.15, 0.2) is 5.76 Å². The van der Waals surface area contributed by atoms with Gasteiger partial charge < -0.3 is 9.84 Å². The Morgan fingerprint density at radius 1 is 1.47 bits per heavy atom. The highest BCUT2D eigenvalue weighted by atomic mass is 16.5. The Morgan fingerprint density at radius 3 is 3.20 bits per heavy atom. The molecule has 80 valence electrons. The van der Waals surface area contributed by atoms with Gasteiger partial charge in [-0.25, -0.2) is 0 Å². The summed E-state index contributed by atoms with van der Waals surface area (Å²) in [7, 11) is 0. The predicted molar refractivity (Wildman–Crippen MR) is 58.3 cm³/mol. The Morgan fingerprint density at radius 2 is 2.40 bits per heavy atom. The lowest BCUT2D eigenvalue weighted by Crippen LogP contribution is -2.17. The van der Waals surface area contributed by atoms with Crippen molar-refractivity contribution >= 4 is 5.57 Å². The first-order chi connectivity index (χ1) is 7.34. The zero-order chi connectivity index (χ0) is 10.3. The van der Waals surface area contributed by atoms with E-state index in [1.165, 1.54) is 18.4 Å². The summed E-state index contributed by atoms with van der Waals surface area (Å²) in [5.74, 6) is 2.42. The van der Waals surface area contributed by atoms with Crippen LogP contribution in [0.5, 0.6) is 0 Å². The van der Waals surface area contributed by atoms with Crippen molar-refractivity contribution < 1.29 is 4.52 Å². The van der Waals surface area contributed by atoms with Gasteiger partial charge >= 0.3 is 0 Å². The predicted octanol–water partition coefficient (Wildman–Crippen LogP) is 2.00. The molecule has 1 fully saturated rings. The fourth-order valence-electron chi connectivity index (χ4n) is 2.79. The van der Waals surface area contributed by atoms with Crippen LogP contribution in [0.3, 0.4) is 0 Å². The summed E-state index contributed by atoms with van der Waals surface area (Å²) in [6.07, 6.45) is 4.82. The Kier molecular flexibility index (Phi) is 2.13. The lowest BCUT2D eigenvalue weighted by molar-refractivity contribution is 0.387. The van der Waals surface area contributed by atoms with Gasteiger partial charge in [0.25, 0.3) is 0 Å². The van der Waals surface area contributed by atoms with Crippen molar-refractivity contribution in [3.8, 4) is 0 Å². The van der Waals surface area contributed by atoms with Crippen molar-refractivity contribution in [3.05, 3.63) is 23.6 Å². The second kappa shape index (κ2) is 3.49. The number of fused-ring (bicyclic) bond motifs is 1. The summed E-state index contributed by atoms with van der Waals surface area (Å²) in [4.78, 5) is 0. The first-order valence-electron chi connectivity index (χ1n) is 5.69. The normalized spacial score (nSPS) is 30.1. The molecule has 1 aromatic heterocycles. The maximum Gasteiger partial charge on any atom is 0.163 e. The molecular weight excluding hydrogens is 188 g/mol. The maximum absolute atomic E-state index is 5.37. The van der Waals surface area contributed by atoms with Crippen molar-refractivity contribution in [1.82, 2.24) is 10.5 Å². The van der Waals surface area contributed by atoms with Crippen LogP contribution in [0.4, 0.5) is 0 Å². The Hall–Kier alpha value is -1.09. The van der Waals surface area contributed by atoms with E-state index in [1.54, 1.807) is 0 Å². The van der Waals surface area contributed by atoms with Gasteiger partial charge in [0, 0.05) is 18.5 Å². The van der Waals surface area contributed by atoms with Crippen LogP contribution in [0.25, 0.3) is 5.57 Å². The molecule has 2 heterocycles. The molecule has 1 aromatic rings. The van der Waals surface area contributed by atoms with Gasteiger partial charge in [-0.15, -0.1) is 0 Å². The van der Waals surface area contributed by atoms with Crippen LogP contribution in [-0.4, -0.2) is 18.2 Å². The van der Waals surface area contributed by atoms with Crippen LogP contribution in [0.1, 0.15) is 24.3 Å². The minimum atomic E-state index is 0.645. The summed E-state index contributed by atoms with van der Waals surface area (Å²) in [6.45, 7) is 4.23. The molecule has 1 saturated heterocycles. The van der Waals surface area contributed by atoms with Gasteiger partial charge in [-0.05, 0) is 37.8 Å². The molecular formula is C12H16N2O. The first-order valence-corrected chi connectivity index (χ1v) is 5.69. The van der Waals surface area contributed by atoms with Crippen LogP contribution in [-0.2, 0) is 0 Å². The van der Waals surface area contributed by atoms with Gasteiger partial charge in [0.1, 0.15) is 0 Å². The summed E-state index contributed by atoms with van der Waals surface area (Å²) in [5.41, 5.74) is 2.34. The van der Waals surface area contributed by atoms with Crippen LogP contribution in [0.15, 0.2) is 16.7 Å². The number of allylic oxidation sites excluding steroid dienone is 1. The number of aryl methyl sites for hydroxylation is 1. The average Bonchev–Trinajstić information content (AvgIpc) is 2.84. The summed E-state index contributed by atoms with van der Waals surface area (Å²) in [6, 6.07) is 2.05. The molecule has 0 radical (unpaired) electrons. The third kappa shape index (κ3) is 1.51. The highest BCUT2D eigenvalue weighted by Crippen LogP contribution is 2.38. The van der Waals surface area contributed by atoms with Crippen LogP contribution >= 0.6 is 0 Å². The Bertz CT molecular complexity index is 394. The van der Waals surface area contributed by atoms with E-state index in [2.05, 4.69) is 16.5 Å². The molecule has 0 aromatic carbocycles. The van der Waals surface area contributed by atoms with E-state index < -0.39 is 0 Å². The lowest BCUT2D eigenvalue weighted by Gasteiger charge is -2.24. The fraction of sp³-hybridized carbons (Fsp3) is 0.583. The minimum Gasteiger partial charge on any atom is -0.356 e. The lowest BCUT2D eigenvalue weighted by atomic mass is 9.80. The molecule has 0 bridgehead atoms. The molecule has 3 nitrogen and oxygen atoms in total. The second-order valence-corrected chi connectivity index (χ2v) is 4.59. The second-order valence-electron chi connectivity index (χ2n) is 4.59. The molecule has 1 N–H and O–H groups in total. The number of hydrogen-bond donors (Lipinski definition) is 1. The van der Waals surface area contributed by atoms with E-state index in [-0.39, 0.29) is 0 Å². The number of nitrogens with zero attached hydrogens (tertiary/aromatic N) is 1. The number of aromatic nitrogens is 1. The molecule has 3 heteroatoms. The fourth-order valence-corrected chi connectivity index (χ4v) is 2.79. The van der Waals surface area contributed by atoms with Crippen molar-refractivity contribution in [2.45, 2.75) is 19.8 Å². The van der Waals surface area contributed by atoms with E-state index in [1.807, 2.05) is 13.0 Å². The quantitative estimate of drug-likeness (QED) is 0.760. The minimum absolute atomic E-state index is 0.645. The van der Waals surface area contributed by atoms with E-state index in [9.17, 15) is 0 Å². The molecule has 1 aliphatic carbocycles. The Labute approximate surface area is 89.5 Å². The van der Waals surface area contributed by atoms with Gasteiger partial charge in [-0.3, -0.25) is 0 Å². The summed E-state index contributed by atoms with van der Waals surface area (Å²) >= 11 is 0. The molecule has 0 unspecified atom stereocenters. The average molecular weight is 204 g/mol. The summed E-state index contributed by atoms with van der Waals surface area (Å²) in [5, 5.41) is 7.44. The topological polar surface area (TPSA) is 38.1 Å². The van der Waals surface area contributed by atoms with E-state index in [4.69, 9.17) is 4.52 Å². The molecule has 2 aliphatic rings. The van der Waals surface area contributed by atoms with Crippen LogP contribution in [0.2, 0.25) is 0 Å². The van der Waals surface area contributed by atoms with E-state index in [0.29, 0.717) is 5.92 Å². The smallest absolute Gasteiger partial charge is 0.163 e. The zero-order valence-corrected chi connectivity index (χ0v) is 8.99. The molecule has 15 heavy (non-hydrogen) atoms. The SMILES string of the molecule is Cc1cc(C2=CCC[C@H]3CNC[C@@H]23)on1. The van der Waals surface area contributed by atoms with Gasteiger partial charge in [0.2, 0.25) is 0 Å². The monoisotopic (exact) mass is 204 g/mol. The van der Waals surface area contributed by atoms with E-state index >= 15 is 0 Å². The standard InChI is InChI=1S/C12H16N2O/c1-8-5-12(15-14-8)10-4-2-3-9-6-13-7-11(9)10/h4-5,9,11,13H,2-3,6-7H2,1H3/t9-,11+/m0/s1. The molecule has 0 spiro atoms. The zero-order valence-electron chi connectivity index (χ0n) is 8.99. The highest BCUT2D eigenvalue weighted by Gasteiger charge is 2.33. The van der Waals surface area contributed by atoms with Crippen molar-refractivity contribution in [2.75, 3.05) is 13.1 Å². The number of hydrogen-bond acceptors (Lipinski definition) is 3. The largest absolute Gasteiger partial charge is 0.356 e. The van der Waals surface area contributed by atoms with Crippen LogP contribution in [0, 0.1) is 18.8 Å². The van der Waals surface area contributed by atoms with Crippen LogP contribution < -0.4 is 5.32 Å².